The molecule has 0 aliphatic rings. The zero-order valence-corrected chi connectivity index (χ0v) is 10.8. The Labute approximate surface area is 98.8 Å². The Balaban J connectivity index is 3.24. The van der Waals surface area contributed by atoms with Gasteiger partial charge in [-0.25, -0.2) is 0 Å². The van der Waals surface area contributed by atoms with Crippen molar-refractivity contribution in [2.45, 2.75) is 64.8 Å². The number of hydrogen-bond acceptors (Lipinski definition) is 1. The summed E-state index contributed by atoms with van der Waals surface area (Å²) in [6.07, 6.45) is 7.96. The van der Waals surface area contributed by atoms with Crippen LogP contribution in [0.3, 0.4) is 0 Å². The molecule has 0 heterocycles. The summed E-state index contributed by atoms with van der Waals surface area (Å²) >= 11 is 5.60. The van der Waals surface area contributed by atoms with Crippen molar-refractivity contribution in [3.05, 3.63) is 0 Å². The van der Waals surface area contributed by atoms with E-state index in [0.29, 0.717) is 12.3 Å². The third kappa shape index (κ3) is 10.1. The van der Waals surface area contributed by atoms with Crippen LogP contribution >= 0.6 is 11.6 Å². The molecule has 0 fully saturated rings. The Morgan fingerprint density at radius 3 is 2.40 bits per heavy atom. The summed E-state index contributed by atoms with van der Waals surface area (Å²) in [5.74, 6) is 0.626. The first-order valence-electron chi connectivity index (χ1n) is 6.06. The Kier molecular flexibility index (Phi) is 10.1. The number of nitrogens with one attached hydrogen (secondary N) is 1. The zero-order chi connectivity index (χ0) is 11.5. The minimum absolute atomic E-state index is 0.0965. The summed E-state index contributed by atoms with van der Waals surface area (Å²) in [6.45, 7) is 4.13. The SMILES string of the molecule is CCCCCCCCC(=O)NC(C)CCl. The predicted octanol–water partition coefficient (Wildman–Crippen LogP) is 3.48. The van der Waals surface area contributed by atoms with Gasteiger partial charge >= 0.3 is 0 Å². The van der Waals surface area contributed by atoms with Crippen LogP contribution in [-0.4, -0.2) is 17.8 Å². The fraction of sp³-hybridized carbons (Fsp3) is 0.917. The maximum absolute atomic E-state index is 11.3. The van der Waals surface area contributed by atoms with Crippen LogP contribution in [0, 0.1) is 0 Å². The normalized spacial score (nSPS) is 12.5. The highest BCUT2D eigenvalue weighted by molar-refractivity contribution is 6.18. The van der Waals surface area contributed by atoms with Crippen molar-refractivity contribution < 1.29 is 4.79 Å². The number of amides is 1. The Hall–Kier alpha value is -0.240. The molecule has 0 radical (unpaired) electrons. The number of unbranched alkanes of at least 4 members (excludes halogenated alkanes) is 5. The Morgan fingerprint density at radius 1 is 1.20 bits per heavy atom. The highest BCUT2D eigenvalue weighted by Crippen LogP contribution is 2.06. The third-order valence-electron chi connectivity index (χ3n) is 2.40. The van der Waals surface area contributed by atoms with Crippen molar-refractivity contribution >= 4 is 17.5 Å². The van der Waals surface area contributed by atoms with Gasteiger partial charge in [0.05, 0.1) is 0 Å². The van der Waals surface area contributed by atoms with Gasteiger partial charge in [0.15, 0.2) is 0 Å². The van der Waals surface area contributed by atoms with Crippen LogP contribution in [0.4, 0.5) is 0 Å². The van der Waals surface area contributed by atoms with Gasteiger partial charge in [0, 0.05) is 18.3 Å². The van der Waals surface area contributed by atoms with Gasteiger partial charge in [-0.1, -0.05) is 39.0 Å². The summed E-state index contributed by atoms with van der Waals surface area (Å²) in [5.41, 5.74) is 0. The molecular weight excluding hydrogens is 210 g/mol. The quantitative estimate of drug-likeness (QED) is 0.480. The van der Waals surface area contributed by atoms with Crippen molar-refractivity contribution in [1.29, 1.82) is 0 Å². The lowest BCUT2D eigenvalue weighted by Crippen LogP contribution is -2.33. The molecule has 0 saturated carbocycles. The van der Waals surface area contributed by atoms with E-state index in [1.807, 2.05) is 6.92 Å². The van der Waals surface area contributed by atoms with Crippen molar-refractivity contribution in [1.82, 2.24) is 5.32 Å². The van der Waals surface area contributed by atoms with Crippen molar-refractivity contribution in [3.8, 4) is 0 Å². The minimum atomic E-state index is 0.0965. The second kappa shape index (κ2) is 10.3. The van der Waals surface area contributed by atoms with Crippen molar-refractivity contribution in [2.24, 2.45) is 0 Å². The van der Waals surface area contributed by atoms with Crippen LogP contribution < -0.4 is 5.32 Å². The molecule has 2 nitrogen and oxygen atoms in total. The molecule has 90 valence electrons. The van der Waals surface area contributed by atoms with Gasteiger partial charge < -0.3 is 5.32 Å². The molecule has 0 saturated heterocycles. The summed E-state index contributed by atoms with van der Waals surface area (Å²) in [6, 6.07) is 0.0965. The number of carbonyl (C=O) groups is 1. The van der Waals surface area contributed by atoms with E-state index in [1.54, 1.807) is 0 Å². The van der Waals surface area contributed by atoms with E-state index < -0.39 is 0 Å². The summed E-state index contributed by atoms with van der Waals surface area (Å²) < 4.78 is 0. The van der Waals surface area contributed by atoms with E-state index in [1.165, 1.54) is 32.1 Å². The van der Waals surface area contributed by atoms with E-state index in [2.05, 4.69) is 12.2 Å². The van der Waals surface area contributed by atoms with E-state index in [9.17, 15) is 4.79 Å². The molecule has 0 aliphatic carbocycles. The van der Waals surface area contributed by atoms with Crippen LogP contribution in [0.1, 0.15) is 58.8 Å². The first kappa shape index (κ1) is 14.8. The maximum atomic E-state index is 11.3. The van der Waals surface area contributed by atoms with Gasteiger partial charge in [-0.15, -0.1) is 11.6 Å². The van der Waals surface area contributed by atoms with Crippen LogP contribution in [-0.2, 0) is 4.79 Å². The Morgan fingerprint density at radius 2 is 1.80 bits per heavy atom. The maximum Gasteiger partial charge on any atom is 0.220 e. The van der Waals surface area contributed by atoms with E-state index in [-0.39, 0.29) is 11.9 Å². The molecule has 0 aromatic rings. The van der Waals surface area contributed by atoms with Gasteiger partial charge in [0.2, 0.25) is 5.91 Å². The number of carbonyl (C=O) groups excluding carboxylic acids is 1. The molecule has 1 atom stereocenters. The molecule has 0 rings (SSSR count). The lowest BCUT2D eigenvalue weighted by molar-refractivity contribution is -0.121. The molecule has 1 unspecified atom stereocenters. The monoisotopic (exact) mass is 233 g/mol. The summed E-state index contributed by atoms with van der Waals surface area (Å²) in [7, 11) is 0. The number of alkyl halides is 1. The number of rotatable bonds is 9. The predicted molar refractivity (Wildman–Crippen MR) is 66.3 cm³/mol. The van der Waals surface area contributed by atoms with E-state index >= 15 is 0 Å². The zero-order valence-electron chi connectivity index (χ0n) is 10.0. The second-order valence-corrected chi connectivity index (χ2v) is 4.45. The topological polar surface area (TPSA) is 29.1 Å². The standard InChI is InChI=1S/C12H24ClNO/c1-3-4-5-6-7-8-9-12(15)14-11(2)10-13/h11H,3-10H2,1-2H3,(H,14,15). The molecule has 0 aromatic heterocycles. The molecule has 1 N–H and O–H groups in total. The smallest absolute Gasteiger partial charge is 0.220 e. The van der Waals surface area contributed by atoms with Gasteiger partial charge in [-0.05, 0) is 13.3 Å². The lowest BCUT2D eigenvalue weighted by Gasteiger charge is -2.09. The van der Waals surface area contributed by atoms with Crippen LogP contribution in [0.15, 0.2) is 0 Å². The van der Waals surface area contributed by atoms with E-state index in [0.717, 1.165) is 6.42 Å². The average Bonchev–Trinajstić information content (AvgIpc) is 2.23. The molecule has 0 aromatic carbocycles. The second-order valence-electron chi connectivity index (χ2n) is 4.14. The van der Waals surface area contributed by atoms with Gasteiger partial charge in [0.25, 0.3) is 0 Å². The largest absolute Gasteiger partial charge is 0.352 e. The third-order valence-corrected chi connectivity index (χ3v) is 2.86. The molecule has 15 heavy (non-hydrogen) atoms. The fourth-order valence-corrected chi connectivity index (χ4v) is 1.53. The number of halogens is 1. The Bertz CT molecular complexity index is 162. The van der Waals surface area contributed by atoms with Crippen LogP contribution in [0.2, 0.25) is 0 Å². The van der Waals surface area contributed by atoms with Gasteiger partial charge in [0.1, 0.15) is 0 Å². The van der Waals surface area contributed by atoms with Crippen LogP contribution in [0.25, 0.3) is 0 Å². The van der Waals surface area contributed by atoms with Crippen molar-refractivity contribution in [3.63, 3.8) is 0 Å². The van der Waals surface area contributed by atoms with E-state index in [4.69, 9.17) is 11.6 Å². The highest BCUT2D eigenvalue weighted by atomic mass is 35.5. The first-order chi connectivity index (χ1) is 7.20. The first-order valence-corrected chi connectivity index (χ1v) is 6.59. The summed E-state index contributed by atoms with van der Waals surface area (Å²) in [4.78, 5) is 11.3. The molecule has 1 amide bonds. The lowest BCUT2D eigenvalue weighted by atomic mass is 10.1. The minimum Gasteiger partial charge on any atom is -0.352 e. The molecular formula is C12H24ClNO. The molecule has 0 spiro atoms. The highest BCUT2D eigenvalue weighted by Gasteiger charge is 2.04. The molecule has 0 aliphatic heterocycles. The van der Waals surface area contributed by atoms with Gasteiger partial charge in [-0.3, -0.25) is 4.79 Å². The van der Waals surface area contributed by atoms with Crippen molar-refractivity contribution in [2.75, 3.05) is 5.88 Å². The fourth-order valence-electron chi connectivity index (χ4n) is 1.45. The average molecular weight is 234 g/mol. The van der Waals surface area contributed by atoms with Gasteiger partial charge in [-0.2, -0.15) is 0 Å². The molecule has 3 heteroatoms. The molecule has 0 bridgehead atoms. The summed E-state index contributed by atoms with van der Waals surface area (Å²) in [5, 5.41) is 2.86. The van der Waals surface area contributed by atoms with Crippen LogP contribution in [0.5, 0.6) is 0 Å². The number of hydrogen-bond donors (Lipinski definition) is 1.